The van der Waals surface area contributed by atoms with Crippen molar-refractivity contribution in [2.24, 2.45) is 11.8 Å². The molecule has 0 spiro atoms. The first-order chi connectivity index (χ1) is 41.3. The van der Waals surface area contributed by atoms with E-state index in [0.29, 0.717) is 91.5 Å². The lowest BCUT2D eigenvalue weighted by Gasteiger charge is -2.24. The van der Waals surface area contributed by atoms with Crippen LogP contribution in [0.2, 0.25) is 0 Å². The van der Waals surface area contributed by atoms with Gasteiger partial charge in [0.2, 0.25) is 0 Å². The second-order valence-corrected chi connectivity index (χ2v) is 21.5. The summed E-state index contributed by atoms with van der Waals surface area (Å²) in [5.41, 5.74) is 10.9. The highest BCUT2D eigenvalue weighted by Crippen LogP contribution is 2.38. The van der Waals surface area contributed by atoms with Crippen molar-refractivity contribution in [3.63, 3.8) is 0 Å². The average Bonchev–Trinajstić information content (AvgIpc) is 1.61. The van der Waals surface area contributed by atoms with E-state index < -0.39 is 13.7 Å². The van der Waals surface area contributed by atoms with Gasteiger partial charge in [0, 0.05) is 33.3 Å². The van der Waals surface area contributed by atoms with E-state index in [-0.39, 0.29) is 11.1 Å². The summed E-state index contributed by atoms with van der Waals surface area (Å²) in [4.78, 5) is 20.6. The van der Waals surface area contributed by atoms with Crippen LogP contribution >= 0.6 is 0 Å². The van der Waals surface area contributed by atoms with E-state index in [0.717, 1.165) is 57.2 Å². The molecule has 0 saturated heterocycles. The van der Waals surface area contributed by atoms with Crippen LogP contribution in [0.15, 0.2) is 231 Å². The van der Waals surface area contributed by atoms with Gasteiger partial charge < -0.3 is 18.4 Å². The Balaban J connectivity index is 1.42. The van der Waals surface area contributed by atoms with Crippen LogP contribution in [0.5, 0.6) is 11.5 Å². The smallest absolute Gasteiger partial charge is 0.328 e. The topological polar surface area (TPSA) is 127 Å². The molecule has 12 rings (SSSR count). The molecule has 0 N–H and O–H groups in total. The molecule has 0 radical (unpaired) electrons. The van der Waals surface area contributed by atoms with Gasteiger partial charge in [0.05, 0.1) is 58.4 Å². The lowest BCUT2D eigenvalue weighted by molar-refractivity contribution is 0.256. The van der Waals surface area contributed by atoms with E-state index in [1.165, 1.54) is 0 Å². The van der Waals surface area contributed by atoms with Gasteiger partial charge >= 0.3 is 13.7 Å². The van der Waals surface area contributed by atoms with E-state index in [4.69, 9.17) is 29.4 Å². The van der Waals surface area contributed by atoms with Crippen LogP contribution in [0.4, 0.5) is 0 Å². The fourth-order valence-electron chi connectivity index (χ4n) is 11.3. The van der Waals surface area contributed by atoms with Gasteiger partial charge in [-0.25, -0.2) is 9.97 Å². The van der Waals surface area contributed by atoms with Gasteiger partial charge in [-0.1, -0.05) is 232 Å². The Labute approximate surface area is 490 Å². The Bertz CT molecular complexity index is 4190. The van der Waals surface area contributed by atoms with Crippen molar-refractivity contribution < 1.29 is 9.47 Å². The van der Waals surface area contributed by atoms with Gasteiger partial charge in [0.25, 0.3) is 0 Å². The largest absolute Gasteiger partial charge is 0.493 e. The molecule has 0 aliphatic carbocycles. The molecule has 4 heterocycles. The molecule has 4 aromatic heterocycles. The van der Waals surface area contributed by atoms with Gasteiger partial charge in [0.15, 0.2) is 0 Å². The van der Waals surface area contributed by atoms with Crippen LogP contribution in [0.1, 0.15) is 51.9 Å². The maximum absolute atomic E-state index is 12.4. The number of hydrogen-bond donors (Lipinski definition) is 0. The Hall–Kier alpha value is -10.3. The highest BCUT2D eigenvalue weighted by molar-refractivity contribution is 6.85. The van der Waals surface area contributed by atoms with Crippen LogP contribution in [0.3, 0.4) is 0 Å². The molecule has 0 bridgehead atoms. The standard InChI is InChI=1S/C72H60B2N8O2/c1-5-49(3)47-83-57-35-23-25-51(41-57)69-67-68(72(60(44-76)66-46-78-62-38-20-22-40-64(62)80-66)81(69)73(53-27-11-7-12-28-53)54-29-13-8-14-30-54)70(52-26-24-36-58(42-52)84-48-50(4)6-2)82(74(55-31-15-9-16-32-55)56-33-17-10-18-34-56)71(67)59(43-75)65-45-77-61-37-19-21-39-63(61)79-65/h7-42,45-46,49-50H,5-6,47-48H2,1-4H3/b71-59-,72-60-. The molecule has 0 fully saturated rings. The van der Waals surface area contributed by atoms with Crippen LogP contribution in [0.25, 0.3) is 66.5 Å². The van der Waals surface area contributed by atoms with Gasteiger partial charge in [-0.15, -0.1) is 0 Å². The van der Waals surface area contributed by atoms with E-state index in [1.54, 1.807) is 12.4 Å². The molecule has 0 saturated carbocycles. The molecule has 0 amide bonds. The van der Waals surface area contributed by atoms with Crippen LogP contribution < -0.4 is 42.0 Å². The number of nitriles is 2. The van der Waals surface area contributed by atoms with Crippen LogP contribution in [-0.2, 0) is 0 Å². The Kier molecular flexibility index (Phi) is 15.8. The lowest BCUT2D eigenvalue weighted by atomic mass is 9.50. The first kappa shape index (κ1) is 54.3. The molecule has 2 atom stereocenters. The summed E-state index contributed by atoms with van der Waals surface area (Å²) in [6.45, 7) is 8.57. The van der Waals surface area contributed by atoms with Crippen LogP contribution in [0, 0.1) is 34.5 Å². The van der Waals surface area contributed by atoms with Crippen molar-refractivity contribution in [3.05, 3.63) is 253 Å². The quantitative estimate of drug-likeness (QED) is 0.0777. The summed E-state index contributed by atoms with van der Waals surface area (Å²) in [7, 11) is 0. The Morgan fingerprint density at radius 1 is 0.440 bits per heavy atom. The van der Waals surface area contributed by atoms with Crippen molar-refractivity contribution in [1.29, 1.82) is 10.5 Å². The van der Waals surface area contributed by atoms with E-state index in [9.17, 15) is 10.5 Å². The molecule has 10 nitrogen and oxygen atoms in total. The molecule has 12 heteroatoms. The highest BCUT2D eigenvalue weighted by atomic mass is 16.5. The van der Waals surface area contributed by atoms with Crippen molar-refractivity contribution in [1.82, 2.24) is 28.9 Å². The molecule has 2 unspecified atom stereocenters. The Morgan fingerprint density at radius 2 is 0.774 bits per heavy atom. The molecule has 12 aromatic rings. The fraction of sp³-hybridized carbons (Fsp3) is 0.139. The first-order valence-electron chi connectivity index (χ1n) is 28.8. The zero-order chi connectivity index (χ0) is 57.5. The fourth-order valence-corrected chi connectivity index (χ4v) is 11.3. The number of hydrogen-bond acceptors (Lipinski definition) is 8. The maximum atomic E-state index is 12.4. The summed E-state index contributed by atoms with van der Waals surface area (Å²) in [6.07, 6.45) is 5.32. The number of fused-ring (bicyclic) bond motifs is 3. The highest BCUT2D eigenvalue weighted by Gasteiger charge is 2.37. The van der Waals surface area contributed by atoms with Crippen molar-refractivity contribution in [3.8, 4) is 46.2 Å². The molecular weight excluding hydrogens is 1030 g/mol. The predicted octanol–water partition coefficient (Wildman–Crippen LogP) is 11.3. The van der Waals surface area contributed by atoms with Crippen molar-refractivity contribution >= 4 is 79.5 Å². The number of benzene rings is 8. The zero-order valence-corrected chi connectivity index (χ0v) is 47.5. The Morgan fingerprint density at radius 3 is 1.11 bits per heavy atom. The van der Waals surface area contributed by atoms with Crippen molar-refractivity contribution in [2.45, 2.75) is 40.5 Å². The van der Waals surface area contributed by atoms with Gasteiger partial charge in [-0.3, -0.25) is 9.97 Å². The third-order valence-corrected chi connectivity index (χ3v) is 15.9. The minimum Gasteiger partial charge on any atom is -0.493 e. The van der Waals surface area contributed by atoms with Crippen LogP contribution in [-0.4, -0.2) is 55.8 Å². The lowest BCUT2D eigenvalue weighted by Crippen LogP contribution is -2.54. The number of para-hydroxylation sites is 4. The van der Waals surface area contributed by atoms with Crippen molar-refractivity contribution in [2.75, 3.05) is 13.2 Å². The SMILES string of the molecule is CCC(C)COc1cccc(-c2c3/c(=C(\C#N)c4cnc5ccccc5n4)n(B(c4ccccc4)c4ccccc4)c(-c4cccc(OCC(C)CC)c4)c3/c(=C(\C#N)c3cnc4ccccc4n3)n2B(c2ccccc2)c2ccccc2)c1. The number of ether oxygens (including phenoxy) is 2. The van der Waals surface area contributed by atoms with Gasteiger partial charge in [-0.2, -0.15) is 10.5 Å². The molecule has 8 aromatic carbocycles. The first-order valence-corrected chi connectivity index (χ1v) is 28.8. The minimum absolute atomic E-state index is 0.277. The maximum Gasteiger partial charge on any atom is 0.328 e. The second-order valence-electron chi connectivity index (χ2n) is 21.5. The molecular formula is C72H60B2N8O2. The number of aromatic nitrogens is 6. The average molecular weight is 1090 g/mol. The predicted molar refractivity (Wildman–Crippen MR) is 342 cm³/mol. The third-order valence-electron chi connectivity index (χ3n) is 15.9. The normalized spacial score (nSPS) is 12.7. The molecule has 0 aliphatic heterocycles. The summed E-state index contributed by atoms with van der Waals surface area (Å²) in [6, 6.07) is 79.2. The summed E-state index contributed by atoms with van der Waals surface area (Å²) < 4.78 is 18.1. The summed E-state index contributed by atoms with van der Waals surface area (Å²) in [5.74, 6) is 1.95. The van der Waals surface area contributed by atoms with Gasteiger partial charge in [-0.05, 0) is 60.4 Å². The summed E-state index contributed by atoms with van der Waals surface area (Å²) >= 11 is 0. The summed E-state index contributed by atoms with van der Waals surface area (Å²) in [5, 5.41) is 27.4. The van der Waals surface area contributed by atoms with E-state index in [1.807, 2.05) is 97.1 Å². The van der Waals surface area contributed by atoms with E-state index >= 15 is 0 Å². The second kappa shape index (κ2) is 24.4. The van der Waals surface area contributed by atoms with Gasteiger partial charge in [0.1, 0.15) is 46.2 Å². The molecule has 0 aliphatic rings. The zero-order valence-electron chi connectivity index (χ0n) is 47.5. The van der Waals surface area contributed by atoms with E-state index in [2.05, 4.69) is 170 Å². The molecule has 84 heavy (non-hydrogen) atoms. The monoisotopic (exact) mass is 1090 g/mol. The minimum atomic E-state index is -0.587. The molecule has 406 valence electrons. The number of rotatable bonds is 18. The number of nitrogens with zero attached hydrogens (tertiary/aromatic N) is 8. The third kappa shape index (κ3) is 10.6.